The summed E-state index contributed by atoms with van der Waals surface area (Å²) >= 11 is 0. The first-order valence-corrected chi connectivity index (χ1v) is 5.39. The number of nitrogens with zero attached hydrogens (tertiary/aromatic N) is 4. The normalized spacial score (nSPS) is 10.4. The Labute approximate surface area is 107 Å². The highest BCUT2D eigenvalue weighted by atomic mass is 16.6. The van der Waals surface area contributed by atoms with Crippen LogP contribution in [0, 0.1) is 27.2 Å². The average Bonchev–Trinajstić information content (AvgIpc) is 2.72. The molecule has 0 atom stereocenters. The maximum absolute atomic E-state index is 10.8. The summed E-state index contributed by atoms with van der Waals surface area (Å²) in [6.07, 6.45) is 1.20. The van der Waals surface area contributed by atoms with Gasteiger partial charge in [0.25, 0.3) is 5.69 Å². The first-order valence-electron chi connectivity index (χ1n) is 5.39. The summed E-state index contributed by atoms with van der Waals surface area (Å²) in [4.78, 5) is 24.2. The van der Waals surface area contributed by atoms with Gasteiger partial charge >= 0.3 is 5.82 Å². The molecule has 8 nitrogen and oxygen atoms in total. The summed E-state index contributed by atoms with van der Waals surface area (Å²) in [7, 11) is 0. The van der Waals surface area contributed by atoms with Crippen LogP contribution in [0.2, 0.25) is 0 Å². The van der Waals surface area contributed by atoms with Crippen molar-refractivity contribution in [1.82, 2.24) is 9.55 Å². The van der Waals surface area contributed by atoms with Crippen LogP contribution in [-0.2, 0) is 6.54 Å². The first-order chi connectivity index (χ1) is 8.99. The molecule has 0 fully saturated rings. The van der Waals surface area contributed by atoms with Gasteiger partial charge in [0, 0.05) is 19.1 Å². The van der Waals surface area contributed by atoms with Crippen LogP contribution < -0.4 is 0 Å². The van der Waals surface area contributed by atoms with Crippen LogP contribution in [0.5, 0.6) is 0 Å². The molecule has 0 aliphatic heterocycles. The molecule has 0 aliphatic carbocycles. The fourth-order valence-corrected chi connectivity index (χ4v) is 1.70. The van der Waals surface area contributed by atoms with Gasteiger partial charge in [-0.05, 0) is 22.6 Å². The van der Waals surface area contributed by atoms with E-state index >= 15 is 0 Å². The van der Waals surface area contributed by atoms with Gasteiger partial charge in [0.2, 0.25) is 0 Å². The van der Waals surface area contributed by atoms with Crippen LogP contribution in [0.3, 0.4) is 0 Å². The van der Waals surface area contributed by atoms with E-state index in [4.69, 9.17) is 0 Å². The smallest absolute Gasteiger partial charge is 0.343 e. The molecule has 19 heavy (non-hydrogen) atoms. The summed E-state index contributed by atoms with van der Waals surface area (Å²) in [5.41, 5.74) is 0.718. The molecule has 8 heteroatoms. The van der Waals surface area contributed by atoms with Crippen LogP contribution in [-0.4, -0.2) is 19.4 Å². The molecule has 0 radical (unpaired) electrons. The Hall–Kier alpha value is -2.77. The van der Waals surface area contributed by atoms with Crippen LogP contribution in [0.25, 0.3) is 0 Å². The van der Waals surface area contributed by atoms with Crippen molar-refractivity contribution in [2.24, 2.45) is 0 Å². The zero-order valence-electron chi connectivity index (χ0n) is 10.0. The molecule has 0 N–H and O–H groups in total. The summed E-state index contributed by atoms with van der Waals surface area (Å²) in [6.45, 7) is 1.92. The maximum atomic E-state index is 10.8. The van der Waals surface area contributed by atoms with Crippen molar-refractivity contribution in [3.8, 4) is 0 Å². The number of imidazole rings is 1. The van der Waals surface area contributed by atoms with Gasteiger partial charge in [-0.2, -0.15) is 0 Å². The molecule has 0 unspecified atom stereocenters. The van der Waals surface area contributed by atoms with E-state index in [9.17, 15) is 20.2 Å². The summed E-state index contributed by atoms with van der Waals surface area (Å²) in [6, 6.07) is 5.88. The van der Waals surface area contributed by atoms with E-state index in [1.165, 1.54) is 22.9 Å². The lowest BCUT2D eigenvalue weighted by atomic mass is 10.2. The number of non-ortho nitro benzene ring substituents is 1. The van der Waals surface area contributed by atoms with E-state index in [2.05, 4.69) is 4.98 Å². The molecule has 0 saturated heterocycles. The molecule has 0 saturated carbocycles. The minimum Gasteiger partial charge on any atom is -0.358 e. The van der Waals surface area contributed by atoms with Gasteiger partial charge in [0.15, 0.2) is 5.82 Å². The van der Waals surface area contributed by atoms with Crippen molar-refractivity contribution in [2.75, 3.05) is 0 Å². The number of aryl methyl sites for hydroxylation is 1. The fraction of sp³-hybridized carbons (Fsp3) is 0.182. The Bertz CT molecular complexity index is 633. The molecule has 98 valence electrons. The number of nitro benzene ring substituents is 1. The van der Waals surface area contributed by atoms with Crippen molar-refractivity contribution >= 4 is 11.5 Å². The maximum Gasteiger partial charge on any atom is 0.343 e. The largest absolute Gasteiger partial charge is 0.358 e. The van der Waals surface area contributed by atoms with Crippen molar-refractivity contribution in [3.63, 3.8) is 0 Å². The molecule has 0 bridgehead atoms. The molecule has 0 spiro atoms. The van der Waals surface area contributed by atoms with E-state index in [1.807, 2.05) is 0 Å². The van der Waals surface area contributed by atoms with Crippen LogP contribution in [0.15, 0.2) is 30.5 Å². The third-order valence-corrected chi connectivity index (χ3v) is 2.71. The first kappa shape index (κ1) is 12.7. The summed E-state index contributed by atoms with van der Waals surface area (Å²) in [5.74, 6) is 0.418. The Kier molecular flexibility index (Phi) is 3.23. The van der Waals surface area contributed by atoms with E-state index in [0.717, 1.165) is 5.56 Å². The highest BCUT2D eigenvalue weighted by molar-refractivity contribution is 5.33. The predicted molar refractivity (Wildman–Crippen MR) is 65.8 cm³/mol. The number of hydrogen-bond acceptors (Lipinski definition) is 5. The standard InChI is InChI=1S/C11H10N4O4/c1-8-12-6-11(15(18)19)13(8)7-9-2-4-10(5-3-9)14(16)17/h2-6H,7H2,1H3. The van der Waals surface area contributed by atoms with Gasteiger partial charge in [-0.1, -0.05) is 0 Å². The Morgan fingerprint density at radius 1 is 1.16 bits per heavy atom. The number of nitro groups is 2. The van der Waals surface area contributed by atoms with Gasteiger partial charge in [0.05, 0.1) is 4.92 Å². The van der Waals surface area contributed by atoms with Gasteiger partial charge < -0.3 is 10.1 Å². The number of rotatable bonds is 4. The topological polar surface area (TPSA) is 104 Å². The molecule has 0 amide bonds. The van der Waals surface area contributed by atoms with Gasteiger partial charge in [0.1, 0.15) is 12.7 Å². The second kappa shape index (κ2) is 4.84. The molecular weight excluding hydrogens is 252 g/mol. The van der Waals surface area contributed by atoms with Crippen molar-refractivity contribution in [3.05, 3.63) is 62.1 Å². The predicted octanol–water partition coefficient (Wildman–Crippen LogP) is 2.06. The van der Waals surface area contributed by atoms with Crippen LogP contribution >= 0.6 is 0 Å². The molecule has 1 aromatic carbocycles. The van der Waals surface area contributed by atoms with Gasteiger partial charge in [-0.25, -0.2) is 9.55 Å². The zero-order valence-corrected chi connectivity index (χ0v) is 10.0. The second-order valence-corrected chi connectivity index (χ2v) is 3.93. The minimum atomic E-state index is -0.509. The highest BCUT2D eigenvalue weighted by Gasteiger charge is 2.17. The van der Waals surface area contributed by atoms with E-state index < -0.39 is 9.85 Å². The van der Waals surface area contributed by atoms with E-state index in [-0.39, 0.29) is 18.1 Å². The zero-order chi connectivity index (χ0) is 14.0. The van der Waals surface area contributed by atoms with E-state index in [0.29, 0.717) is 5.82 Å². The number of benzene rings is 1. The monoisotopic (exact) mass is 262 g/mol. The third-order valence-electron chi connectivity index (χ3n) is 2.71. The number of aromatic nitrogens is 2. The van der Waals surface area contributed by atoms with Crippen molar-refractivity contribution in [2.45, 2.75) is 13.5 Å². The lowest BCUT2D eigenvalue weighted by Crippen LogP contribution is -2.06. The highest BCUT2D eigenvalue weighted by Crippen LogP contribution is 2.18. The Balaban J connectivity index is 2.28. The molecule has 2 rings (SSSR count). The number of hydrogen-bond donors (Lipinski definition) is 0. The minimum absolute atomic E-state index is 0.0133. The SMILES string of the molecule is Cc1ncc([N+](=O)[O-])n1Cc1ccc([N+](=O)[O-])cc1. The lowest BCUT2D eigenvalue weighted by Gasteiger charge is -2.03. The summed E-state index contributed by atoms with van der Waals surface area (Å²) in [5, 5.41) is 21.4. The van der Waals surface area contributed by atoms with Crippen LogP contribution in [0.1, 0.15) is 11.4 Å². The molecule has 2 aromatic rings. The molecular formula is C11H10N4O4. The fourth-order valence-electron chi connectivity index (χ4n) is 1.70. The quantitative estimate of drug-likeness (QED) is 0.619. The Morgan fingerprint density at radius 3 is 2.32 bits per heavy atom. The molecule has 1 heterocycles. The second-order valence-electron chi connectivity index (χ2n) is 3.93. The molecule has 0 aliphatic rings. The van der Waals surface area contributed by atoms with Gasteiger partial charge in [-0.15, -0.1) is 0 Å². The van der Waals surface area contributed by atoms with E-state index in [1.54, 1.807) is 19.1 Å². The average molecular weight is 262 g/mol. The third kappa shape index (κ3) is 2.57. The van der Waals surface area contributed by atoms with Crippen molar-refractivity contribution < 1.29 is 9.85 Å². The van der Waals surface area contributed by atoms with Gasteiger partial charge in [-0.3, -0.25) is 10.1 Å². The lowest BCUT2D eigenvalue weighted by molar-refractivity contribution is -0.392. The molecule has 1 aromatic heterocycles. The van der Waals surface area contributed by atoms with Crippen molar-refractivity contribution in [1.29, 1.82) is 0 Å². The Morgan fingerprint density at radius 2 is 1.79 bits per heavy atom. The van der Waals surface area contributed by atoms with Crippen LogP contribution in [0.4, 0.5) is 11.5 Å². The summed E-state index contributed by atoms with van der Waals surface area (Å²) < 4.78 is 1.45.